The van der Waals surface area contributed by atoms with Gasteiger partial charge >= 0.3 is 0 Å². The monoisotopic (exact) mass is 349 g/mol. The van der Waals surface area contributed by atoms with Gasteiger partial charge in [0.05, 0.1) is 6.10 Å². The van der Waals surface area contributed by atoms with E-state index in [0.29, 0.717) is 11.6 Å². The molecular formula is C18H24ClN3O2. The highest BCUT2D eigenvalue weighted by molar-refractivity contribution is 6.30. The van der Waals surface area contributed by atoms with Crippen LogP contribution in [0.5, 0.6) is 0 Å². The third kappa shape index (κ3) is 3.98. The van der Waals surface area contributed by atoms with Crippen molar-refractivity contribution in [2.75, 3.05) is 19.6 Å². The number of piperidine rings is 1. The minimum absolute atomic E-state index is 0.218. The normalized spacial score (nSPS) is 19.3. The number of β-amino-alcohol motifs (C(OH)–C–C–N with tert-alkyl or cyclic N) is 1. The van der Waals surface area contributed by atoms with Crippen LogP contribution in [0.25, 0.3) is 0 Å². The highest BCUT2D eigenvalue weighted by Crippen LogP contribution is 2.30. The van der Waals surface area contributed by atoms with Gasteiger partial charge in [0.1, 0.15) is 11.9 Å². The van der Waals surface area contributed by atoms with E-state index in [0.717, 1.165) is 37.3 Å². The fraction of sp³-hybridized carbons (Fsp3) is 0.500. The van der Waals surface area contributed by atoms with Gasteiger partial charge in [0.15, 0.2) is 0 Å². The Morgan fingerprint density at radius 2 is 1.88 bits per heavy atom. The van der Waals surface area contributed by atoms with E-state index in [2.05, 4.69) is 9.88 Å². The number of rotatable bonds is 5. The summed E-state index contributed by atoms with van der Waals surface area (Å²) >= 11 is 5.88. The SMILES string of the molecule is Cn1ccnc1C(O)C1CCN(CC(O)c2ccc(Cl)cc2)CC1. The molecule has 5 nitrogen and oxygen atoms in total. The van der Waals surface area contributed by atoms with Crippen LogP contribution in [0, 0.1) is 5.92 Å². The van der Waals surface area contributed by atoms with Gasteiger partial charge in [-0.1, -0.05) is 23.7 Å². The van der Waals surface area contributed by atoms with E-state index in [1.54, 1.807) is 18.3 Å². The largest absolute Gasteiger partial charge is 0.387 e. The van der Waals surface area contributed by atoms with Gasteiger partial charge in [-0.25, -0.2) is 4.98 Å². The zero-order chi connectivity index (χ0) is 17.1. The summed E-state index contributed by atoms with van der Waals surface area (Å²) in [5.41, 5.74) is 0.884. The summed E-state index contributed by atoms with van der Waals surface area (Å²) in [6.45, 7) is 2.35. The Hall–Kier alpha value is -1.40. The number of hydrogen-bond acceptors (Lipinski definition) is 4. The van der Waals surface area contributed by atoms with Gasteiger partial charge in [-0.15, -0.1) is 0 Å². The average Bonchev–Trinajstić information content (AvgIpc) is 3.01. The number of hydrogen-bond donors (Lipinski definition) is 2. The highest BCUT2D eigenvalue weighted by Gasteiger charge is 2.29. The van der Waals surface area contributed by atoms with E-state index in [1.165, 1.54) is 0 Å². The summed E-state index contributed by atoms with van der Waals surface area (Å²) in [5.74, 6) is 0.949. The zero-order valence-electron chi connectivity index (χ0n) is 13.8. The number of aromatic nitrogens is 2. The maximum Gasteiger partial charge on any atom is 0.137 e. The highest BCUT2D eigenvalue weighted by atomic mass is 35.5. The Kier molecular flexibility index (Phi) is 5.56. The molecule has 1 saturated heterocycles. The number of halogens is 1. The Morgan fingerprint density at radius 1 is 1.21 bits per heavy atom. The molecular weight excluding hydrogens is 326 g/mol. The van der Waals surface area contributed by atoms with Crippen molar-refractivity contribution in [3.8, 4) is 0 Å². The molecule has 2 heterocycles. The minimum atomic E-state index is -0.520. The average molecular weight is 350 g/mol. The third-order valence-corrected chi connectivity index (χ3v) is 5.14. The third-order valence-electron chi connectivity index (χ3n) is 4.89. The molecule has 2 N–H and O–H groups in total. The Morgan fingerprint density at radius 3 is 2.46 bits per heavy atom. The van der Waals surface area contributed by atoms with Gasteiger partial charge in [-0.2, -0.15) is 0 Å². The van der Waals surface area contributed by atoms with Crippen molar-refractivity contribution >= 4 is 11.6 Å². The van der Waals surface area contributed by atoms with Gasteiger partial charge in [0.25, 0.3) is 0 Å². The molecule has 0 amide bonds. The topological polar surface area (TPSA) is 61.5 Å². The summed E-state index contributed by atoms with van der Waals surface area (Å²) in [4.78, 5) is 6.50. The summed E-state index contributed by atoms with van der Waals surface area (Å²) in [6, 6.07) is 7.33. The van der Waals surface area contributed by atoms with Crippen LogP contribution in [-0.4, -0.2) is 44.3 Å². The standard InChI is InChI=1S/C18H24ClN3O2/c1-21-11-8-20-18(21)17(24)14-6-9-22(10-7-14)12-16(23)13-2-4-15(19)5-3-13/h2-5,8,11,14,16-17,23-24H,6-7,9-10,12H2,1H3. The van der Waals surface area contributed by atoms with Crippen LogP contribution in [0.1, 0.15) is 36.4 Å². The first kappa shape index (κ1) is 17.4. The predicted octanol–water partition coefficient (Wildman–Crippen LogP) is 2.55. The molecule has 1 aromatic heterocycles. The molecule has 0 aliphatic carbocycles. The fourth-order valence-corrected chi connectivity index (χ4v) is 3.49. The molecule has 2 atom stereocenters. The van der Waals surface area contributed by atoms with Crippen LogP contribution < -0.4 is 0 Å². The molecule has 0 bridgehead atoms. The van der Waals surface area contributed by atoms with E-state index >= 15 is 0 Å². The summed E-state index contributed by atoms with van der Waals surface area (Å²) < 4.78 is 1.88. The predicted molar refractivity (Wildman–Crippen MR) is 93.7 cm³/mol. The Labute approximate surface area is 147 Å². The lowest BCUT2D eigenvalue weighted by Gasteiger charge is -2.35. The lowest BCUT2D eigenvalue weighted by atomic mass is 9.90. The smallest absolute Gasteiger partial charge is 0.137 e. The van der Waals surface area contributed by atoms with Crippen LogP contribution in [0.15, 0.2) is 36.7 Å². The van der Waals surface area contributed by atoms with E-state index < -0.39 is 12.2 Å². The Balaban J connectivity index is 1.51. The Bertz CT molecular complexity index is 651. The van der Waals surface area contributed by atoms with Gasteiger partial charge in [-0.05, 0) is 49.5 Å². The maximum absolute atomic E-state index is 10.5. The number of imidazole rings is 1. The molecule has 1 aliphatic rings. The zero-order valence-corrected chi connectivity index (χ0v) is 14.6. The molecule has 6 heteroatoms. The first-order valence-corrected chi connectivity index (χ1v) is 8.73. The molecule has 2 aromatic rings. The molecule has 3 rings (SSSR count). The molecule has 130 valence electrons. The molecule has 24 heavy (non-hydrogen) atoms. The van der Waals surface area contributed by atoms with Gasteiger partial charge in [0, 0.05) is 31.0 Å². The summed E-state index contributed by atoms with van der Waals surface area (Å²) in [7, 11) is 1.91. The van der Waals surface area contributed by atoms with Crippen LogP contribution in [0.4, 0.5) is 0 Å². The van der Waals surface area contributed by atoms with Crippen LogP contribution in [0.3, 0.4) is 0 Å². The van der Waals surface area contributed by atoms with E-state index in [1.807, 2.05) is 29.9 Å². The minimum Gasteiger partial charge on any atom is -0.387 e. The molecule has 0 radical (unpaired) electrons. The second-order valence-corrected chi connectivity index (χ2v) is 6.98. The van der Waals surface area contributed by atoms with Crippen molar-refractivity contribution in [1.82, 2.24) is 14.5 Å². The number of aliphatic hydroxyl groups excluding tert-OH is 2. The first-order valence-electron chi connectivity index (χ1n) is 8.36. The number of nitrogens with zero attached hydrogens (tertiary/aromatic N) is 3. The van der Waals surface area contributed by atoms with Crippen LogP contribution in [0.2, 0.25) is 5.02 Å². The van der Waals surface area contributed by atoms with Crippen molar-refractivity contribution in [3.05, 3.63) is 53.1 Å². The molecule has 1 aliphatic heterocycles. The van der Waals surface area contributed by atoms with Crippen molar-refractivity contribution in [2.45, 2.75) is 25.0 Å². The number of benzene rings is 1. The van der Waals surface area contributed by atoms with E-state index in [-0.39, 0.29) is 5.92 Å². The van der Waals surface area contributed by atoms with Crippen molar-refractivity contribution in [2.24, 2.45) is 13.0 Å². The quantitative estimate of drug-likeness (QED) is 0.871. The lowest BCUT2D eigenvalue weighted by Crippen LogP contribution is -2.38. The summed E-state index contributed by atoms with van der Waals surface area (Å²) in [6.07, 6.45) is 4.35. The summed E-state index contributed by atoms with van der Waals surface area (Å²) in [5, 5.41) is 21.6. The van der Waals surface area contributed by atoms with Crippen molar-refractivity contribution in [1.29, 1.82) is 0 Å². The number of likely N-dealkylation sites (tertiary alicyclic amines) is 1. The van der Waals surface area contributed by atoms with Gasteiger partial charge < -0.3 is 19.7 Å². The molecule has 1 aromatic carbocycles. The first-order chi connectivity index (χ1) is 11.5. The molecule has 2 unspecified atom stereocenters. The molecule has 0 saturated carbocycles. The molecule has 0 spiro atoms. The second kappa shape index (κ2) is 7.66. The van der Waals surface area contributed by atoms with Gasteiger partial charge in [-0.3, -0.25) is 0 Å². The fourth-order valence-electron chi connectivity index (χ4n) is 3.36. The van der Waals surface area contributed by atoms with E-state index in [4.69, 9.17) is 11.6 Å². The number of aryl methyl sites for hydroxylation is 1. The van der Waals surface area contributed by atoms with Crippen LogP contribution >= 0.6 is 11.6 Å². The maximum atomic E-state index is 10.5. The van der Waals surface area contributed by atoms with Gasteiger partial charge in [0.2, 0.25) is 0 Å². The van der Waals surface area contributed by atoms with Crippen molar-refractivity contribution in [3.63, 3.8) is 0 Å². The van der Waals surface area contributed by atoms with E-state index in [9.17, 15) is 10.2 Å². The molecule has 1 fully saturated rings. The van der Waals surface area contributed by atoms with Crippen LogP contribution in [-0.2, 0) is 7.05 Å². The second-order valence-electron chi connectivity index (χ2n) is 6.55. The number of aliphatic hydroxyl groups is 2. The lowest BCUT2D eigenvalue weighted by molar-refractivity contribution is 0.0346. The van der Waals surface area contributed by atoms with Crippen molar-refractivity contribution < 1.29 is 10.2 Å².